The monoisotopic (exact) mass is 576 g/mol. The topological polar surface area (TPSA) is 179 Å². The third-order valence-corrected chi connectivity index (χ3v) is 7.22. The van der Waals surface area contributed by atoms with Crippen LogP contribution in [0.25, 0.3) is 11.2 Å². The number of fused-ring (bicyclic) bond motifs is 2. The number of unbranched alkanes of at least 4 members (excludes halogenated alkanes) is 3. The van der Waals surface area contributed by atoms with Gasteiger partial charge in [0.05, 0.1) is 12.9 Å². The summed E-state index contributed by atoms with van der Waals surface area (Å²) in [5.41, 5.74) is 1.73. The van der Waals surface area contributed by atoms with Gasteiger partial charge >= 0.3 is 13.9 Å². The van der Waals surface area contributed by atoms with E-state index in [4.69, 9.17) is 18.7 Å². The second kappa shape index (κ2) is 12.7. The standard InChI is InChI=1S/C25H33N6O8P/c1-2-3-4-8-11-26-25(32)30-22-19-23(28-14-27-22)31(15-29-19)24-21-20(17(37-24)13-36-40(33,34)35)38-18(39-21)12-16-9-6-5-7-10-16/h5-7,9-10,14-15,17-18,20-21,24H,2-4,8,11-13H2,1H3,(H2,33,34,35)(H2,26,27,28,30,32)/t17-,18?,20?,21?,24?/m1/s1. The highest BCUT2D eigenvalue weighted by Crippen LogP contribution is 2.43. The first-order valence-electron chi connectivity index (χ1n) is 13.2. The number of urea groups is 1. The number of benzene rings is 1. The van der Waals surface area contributed by atoms with E-state index in [1.807, 2.05) is 30.3 Å². The van der Waals surface area contributed by atoms with Crippen LogP contribution in [0.2, 0.25) is 0 Å². The van der Waals surface area contributed by atoms with Gasteiger partial charge in [0.25, 0.3) is 0 Å². The number of hydrogen-bond donors (Lipinski definition) is 4. The van der Waals surface area contributed by atoms with Gasteiger partial charge < -0.3 is 29.3 Å². The number of aromatic nitrogens is 4. The van der Waals surface area contributed by atoms with E-state index in [0.717, 1.165) is 31.2 Å². The van der Waals surface area contributed by atoms with Gasteiger partial charge in [-0.15, -0.1) is 0 Å². The van der Waals surface area contributed by atoms with E-state index in [0.29, 0.717) is 24.1 Å². The van der Waals surface area contributed by atoms with Gasteiger partial charge in [0.15, 0.2) is 29.5 Å². The van der Waals surface area contributed by atoms with E-state index in [1.165, 1.54) is 12.7 Å². The Morgan fingerprint density at radius 3 is 2.65 bits per heavy atom. The highest BCUT2D eigenvalue weighted by molar-refractivity contribution is 7.46. The van der Waals surface area contributed by atoms with Crippen molar-refractivity contribution in [1.29, 1.82) is 0 Å². The van der Waals surface area contributed by atoms with Crippen molar-refractivity contribution < 1.29 is 37.9 Å². The molecular weight excluding hydrogens is 543 g/mol. The summed E-state index contributed by atoms with van der Waals surface area (Å²) >= 11 is 0. The first-order chi connectivity index (χ1) is 19.3. The molecule has 0 aliphatic carbocycles. The van der Waals surface area contributed by atoms with E-state index in [9.17, 15) is 19.1 Å². The molecule has 4 unspecified atom stereocenters. The summed E-state index contributed by atoms with van der Waals surface area (Å²) in [6, 6.07) is 9.28. The zero-order valence-corrected chi connectivity index (χ0v) is 22.9. The summed E-state index contributed by atoms with van der Waals surface area (Å²) in [7, 11) is -4.74. The van der Waals surface area contributed by atoms with Gasteiger partial charge in [-0.2, -0.15) is 0 Å². The maximum absolute atomic E-state index is 12.4. The van der Waals surface area contributed by atoms with Crippen molar-refractivity contribution in [2.75, 3.05) is 18.5 Å². The second-order valence-corrected chi connectivity index (χ2v) is 10.9. The van der Waals surface area contributed by atoms with Gasteiger partial charge in [0, 0.05) is 13.0 Å². The molecular formula is C25H33N6O8P. The Morgan fingerprint density at radius 2 is 1.88 bits per heavy atom. The summed E-state index contributed by atoms with van der Waals surface area (Å²) < 4.78 is 36.3. The second-order valence-electron chi connectivity index (χ2n) is 9.66. The van der Waals surface area contributed by atoms with Crippen LogP contribution in [0.5, 0.6) is 0 Å². The number of phosphoric acid groups is 1. The van der Waals surface area contributed by atoms with Crippen molar-refractivity contribution in [3.63, 3.8) is 0 Å². The van der Waals surface area contributed by atoms with Gasteiger partial charge in [-0.3, -0.25) is 14.4 Å². The molecule has 40 heavy (non-hydrogen) atoms. The van der Waals surface area contributed by atoms with Crippen molar-refractivity contribution >= 4 is 30.8 Å². The van der Waals surface area contributed by atoms with Crippen LogP contribution in [0.4, 0.5) is 10.6 Å². The smallest absolute Gasteiger partial charge is 0.347 e. The Bertz CT molecular complexity index is 1340. The zero-order chi connectivity index (χ0) is 28.1. The number of imidazole rings is 1. The summed E-state index contributed by atoms with van der Waals surface area (Å²) in [4.78, 5) is 43.8. The SMILES string of the molecule is CCCCCCNC(=O)Nc1ncnc2c1ncn2C1O[C@H](COP(=O)(O)O)C2OC(Cc3ccccc3)OC21. The van der Waals surface area contributed by atoms with Crippen LogP contribution >= 0.6 is 7.82 Å². The molecule has 14 nitrogen and oxygen atoms in total. The molecule has 0 radical (unpaired) electrons. The molecule has 0 spiro atoms. The first-order valence-corrected chi connectivity index (χ1v) is 14.8. The fourth-order valence-corrected chi connectivity index (χ4v) is 5.21. The van der Waals surface area contributed by atoms with Gasteiger partial charge in [0.2, 0.25) is 0 Å². The number of hydrogen-bond acceptors (Lipinski definition) is 9. The maximum atomic E-state index is 12.4. The molecule has 15 heteroatoms. The van der Waals surface area contributed by atoms with E-state index in [-0.39, 0.29) is 5.82 Å². The lowest BCUT2D eigenvalue weighted by atomic mass is 10.1. The third kappa shape index (κ3) is 6.84. The normalized spacial score (nSPS) is 24.3. The van der Waals surface area contributed by atoms with Crippen LogP contribution in [0.1, 0.15) is 44.4 Å². The molecule has 4 N–H and O–H groups in total. The summed E-state index contributed by atoms with van der Waals surface area (Å²) in [6.45, 7) is 2.27. The average Bonchev–Trinajstić information content (AvgIpc) is 3.62. The minimum Gasteiger partial charge on any atom is -0.347 e. The summed E-state index contributed by atoms with van der Waals surface area (Å²) in [5.74, 6) is 0.233. The molecule has 2 saturated heterocycles. The molecule has 4 heterocycles. The summed E-state index contributed by atoms with van der Waals surface area (Å²) in [6.07, 6.45) is 3.89. The van der Waals surface area contributed by atoms with E-state index < -0.39 is 51.3 Å². The third-order valence-electron chi connectivity index (χ3n) is 6.74. The lowest BCUT2D eigenvalue weighted by Gasteiger charge is -2.21. The molecule has 3 aromatic rings. The number of carbonyl (C=O) groups is 1. The lowest BCUT2D eigenvalue weighted by Crippen LogP contribution is -2.31. The van der Waals surface area contributed by atoms with Gasteiger partial charge in [-0.05, 0) is 12.0 Å². The van der Waals surface area contributed by atoms with Crippen LogP contribution in [-0.2, 0) is 29.7 Å². The number of phosphoric ester groups is 1. The molecule has 2 aromatic heterocycles. The number of carbonyl (C=O) groups excluding carboxylic acids is 1. The van der Waals surface area contributed by atoms with Crippen molar-refractivity contribution in [3.8, 4) is 0 Å². The number of nitrogens with zero attached hydrogens (tertiary/aromatic N) is 4. The molecule has 2 amide bonds. The highest BCUT2D eigenvalue weighted by Gasteiger charge is 2.54. The van der Waals surface area contributed by atoms with Crippen LogP contribution < -0.4 is 10.6 Å². The maximum Gasteiger partial charge on any atom is 0.469 e. The van der Waals surface area contributed by atoms with Crippen LogP contribution in [0, 0.1) is 0 Å². The van der Waals surface area contributed by atoms with E-state index in [1.54, 1.807) is 4.57 Å². The van der Waals surface area contributed by atoms with E-state index >= 15 is 0 Å². The number of anilines is 1. The molecule has 1 aromatic carbocycles. The molecule has 5 atom stereocenters. The van der Waals surface area contributed by atoms with Crippen LogP contribution in [0.15, 0.2) is 43.0 Å². The Labute approximate surface area is 230 Å². The molecule has 5 rings (SSSR count). The van der Waals surface area contributed by atoms with Crippen molar-refractivity contribution in [1.82, 2.24) is 24.8 Å². The Balaban J connectivity index is 1.33. The Kier molecular flexibility index (Phi) is 9.06. The molecule has 2 aliphatic rings. The number of nitrogens with one attached hydrogen (secondary N) is 2. The number of rotatable bonds is 12. The number of amides is 2. The van der Waals surface area contributed by atoms with Gasteiger partial charge in [-0.1, -0.05) is 56.5 Å². The zero-order valence-electron chi connectivity index (χ0n) is 22.0. The predicted molar refractivity (Wildman–Crippen MR) is 142 cm³/mol. The largest absolute Gasteiger partial charge is 0.469 e. The Morgan fingerprint density at radius 1 is 1.07 bits per heavy atom. The first kappa shape index (κ1) is 28.6. The minimum absolute atomic E-state index is 0.233. The molecule has 2 fully saturated rings. The molecule has 2 aliphatic heterocycles. The molecule has 0 bridgehead atoms. The van der Waals surface area contributed by atoms with E-state index in [2.05, 4.69) is 32.5 Å². The van der Waals surface area contributed by atoms with Gasteiger partial charge in [-0.25, -0.2) is 24.3 Å². The average molecular weight is 577 g/mol. The van der Waals surface area contributed by atoms with Crippen molar-refractivity contribution in [3.05, 3.63) is 48.5 Å². The molecule has 216 valence electrons. The van der Waals surface area contributed by atoms with Crippen LogP contribution in [-0.4, -0.2) is 73.1 Å². The predicted octanol–water partition coefficient (Wildman–Crippen LogP) is 2.89. The van der Waals surface area contributed by atoms with Gasteiger partial charge in [0.1, 0.15) is 24.6 Å². The van der Waals surface area contributed by atoms with Crippen molar-refractivity contribution in [2.45, 2.75) is 69.9 Å². The Hall–Kier alpha value is -2.97. The van der Waals surface area contributed by atoms with Crippen molar-refractivity contribution in [2.24, 2.45) is 0 Å². The quantitative estimate of drug-likeness (QED) is 0.184. The number of ether oxygens (including phenoxy) is 3. The summed E-state index contributed by atoms with van der Waals surface area (Å²) in [5, 5.41) is 5.55. The fraction of sp³-hybridized carbons (Fsp3) is 0.520. The fourth-order valence-electron chi connectivity index (χ4n) is 4.87. The lowest BCUT2D eigenvalue weighted by molar-refractivity contribution is -0.149. The molecule has 0 saturated carbocycles. The minimum atomic E-state index is -4.74. The highest BCUT2D eigenvalue weighted by atomic mass is 31.2. The van der Waals surface area contributed by atoms with Crippen LogP contribution in [0.3, 0.4) is 0 Å².